The van der Waals surface area contributed by atoms with Crippen molar-refractivity contribution < 1.29 is 13.2 Å². The lowest BCUT2D eigenvalue weighted by atomic mass is 10.1. The molecule has 0 bridgehead atoms. The summed E-state index contributed by atoms with van der Waals surface area (Å²) in [5.41, 5.74) is 2.55. The summed E-state index contributed by atoms with van der Waals surface area (Å²) in [6.07, 6.45) is 3.04. The minimum Gasteiger partial charge on any atom is -0.440 e. The van der Waals surface area contributed by atoms with Gasteiger partial charge in [0.1, 0.15) is 5.69 Å². The van der Waals surface area contributed by atoms with E-state index in [1.807, 2.05) is 31.2 Å². The van der Waals surface area contributed by atoms with Crippen LogP contribution in [0.1, 0.15) is 55.3 Å². The Bertz CT molecular complexity index is 871. The zero-order valence-corrected chi connectivity index (χ0v) is 14.3. The average molecular weight is 355 g/mol. The van der Waals surface area contributed by atoms with Gasteiger partial charge in [0.15, 0.2) is 11.7 Å². The molecule has 26 heavy (non-hydrogen) atoms. The molecule has 2 aromatic heterocycles. The van der Waals surface area contributed by atoms with Crippen LogP contribution in [-0.4, -0.2) is 9.97 Å². The maximum absolute atomic E-state index is 12.6. The Hall–Kier alpha value is -2.76. The maximum atomic E-state index is 12.6. The van der Waals surface area contributed by atoms with E-state index in [2.05, 4.69) is 15.3 Å². The quantitative estimate of drug-likeness (QED) is 0.614. The summed E-state index contributed by atoms with van der Waals surface area (Å²) in [6, 6.07) is 10.9. The first-order valence-electron chi connectivity index (χ1n) is 8.67. The van der Waals surface area contributed by atoms with E-state index < -0.39 is 6.43 Å². The Morgan fingerprint density at radius 1 is 1.04 bits per heavy atom. The van der Waals surface area contributed by atoms with Gasteiger partial charge in [0.2, 0.25) is 0 Å². The van der Waals surface area contributed by atoms with Crippen LogP contribution in [0.25, 0.3) is 11.3 Å². The van der Waals surface area contributed by atoms with Gasteiger partial charge in [-0.05, 0) is 55.7 Å². The summed E-state index contributed by atoms with van der Waals surface area (Å²) in [5, 5.41) is 3.35. The second kappa shape index (κ2) is 6.86. The molecule has 1 N–H and O–H groups in total. The lowest BCUT2D eigenvalue weighted by Crippen LogP contribution is -2.07. The molecular weight excluding hydrogens is 336 g/mol. The van der Waals surface area contributed by atoms with Gasteiger partial charge in [-0.3, -0.25) is 4.98 Å². The third-order valence-electron chi connectivity index (χ3n) is 4.54. The topological polar surface area (TPSA) is 51.0 Å². The summed E-state index contributed by atoms with van der Waals surface area (Å²) in [4.78, 5) is 8.15. The first-order chi connectivity index (χ1) is 12.6. The zero-order valence-electron chi connectivity index (χ0n) is 14.3. The Morgan fingerprint density at radius 3 is 2.42 bits per heavy atom. The van der Waals surface area contributed by atoms with E-state index >= 15 is 0 Å². The molecule has 2 heterocycles. The smallest absolute Gasteiger partial charge is 0.280 e. The minimum absolute atomic E-state index is 0.0492. The number of alkyl halides is 2. The third-order valence-corrected chi connectivity index (χ3v) is 4.54. The van der Waals surface area contributed by atoms with E-state index in [0.717, 1.165) is 41.3 Å². The summed E-state index contributed by atoms with van der Waals surface area (Å²) < 4.78 is 31.0. The predicted octanol–water partition coefficient (Wildman–Crippen LogP) is 5.72. The van der Waals surface area contributed by atoms with Crippen molar-refractivity contribution in [2.24, 2.45) is 0 Å². The van der Waals surface area contributed by atoms with Crippen LogP contribution in [0.4, 0.5) is 14.5 Å². The summed E-state index contributed by atoms with van der Waals surface area (Å²) >= 11 is 0. The molecule has 0 saturated heterocycles. The Morgan fingerprint density at radius 2 is 1.81 bits per heavy atom. The van der Waals surface area contributed by atoms with Crippen molar-refractivity contribution >= 4 is 5.69 Å². The molecule has 1 saturated carbocycles. The van der Waals surface area contributed by atoms with Crippen LogP contribution in [0.15, 0.2) is 53.2 Å². The van der Waals surface area contributed by atoms with Gasteiger partial charge in [-0.25, -0.2) is 13.8 Å². The molecule has 1 unspecified atom stereocenters. The van der Waals surface area contributed by atoms with E-state index in [1.54, 1.807) is 12.3 Å². The molecule has 134 valence electrons. The van der Waals surface area contributed by atoms with Crippen molar-refractivity contribution in [3.05, 3.63) is 65.9 Å². The standard InChI is InChI=1S/C20H19F2N3O/c1-12(15-6-9-17(19(21)22)23-10-15)25-16-7-4-13(5-8-16)18-11-24-20(26-18)14-2-3-14/h4-12,14,19,25H,2-3H2,1H3. The van der Waals surface area contributed by atoms with Gasteiger partial charge in [-0.15, -0.1) is 0 Å². The fourth-order valence-corrected chi connectivity index (χ4v) is 2.81. The number of nitrogens with one attached hydrogen (secondary N) is 1. The molecule has 3 aromatic rings. The second-order valence-electron chi connectivity index (χ2n) is 6.60. The summed E-state index contributed by atoms with van der Waals surface area (Å²) in [6.45, 7) is 1.96. The highest BCUT2D eigenvalue weighted by Crippen LogP contribution is 2.40. The number of nitrogens with zero attached hydrogens (tertiary/aromatic N) is 2. The number of benzene rings is 1. The van der Waals surface area contributed by atoms with Crippen LogP contribution < -0.4 is 5.32 Å². The number of hydrogen-bond acceptors (Lipinski definition) is 4. The SMILES string of the molecule is CC(Nc1ccc(-c2cnc(C3CC3)o2)cc1)c1ccc(C(F)F)nc1. The van der Waals surface area contributed by atoms with Crippen molar-refractivity contribution in [1.82, 2.24) is 9.97 Å². The Balaban J connectivity index is 1.42. The lowest BCUT2D eigenvalue weighted by molar-refractivity contribution is 0.146. The third kappa shape index (κ3) is 3.59. The van der Waals surface area contributed by atoms with Crippen molar-refractivity contribution in [3.63, 3.8) is 0 Å². The molecule has 4 rings (SSSR count). The highest BCUT2D eigenvalue weighted by atomic mass is 19.3. The number of aromatic nitrogens is 2. The van der Waals surface area contributed by atoms with Crippen molar-refractivity contribution in [1.29, 1.82) is 0 Å². The highest BCUT2D eigenvalue weighted by Gasteiger charge is 2.28. The molecule has 6 heteroatoms. The lowest BCUT2D eigenvalue weighted by Gasteiger charge is -2.16. The van der Waals surface area contributed by atoms with E-state index in [-0.39, 0.29) is 11.7 Å². The second-order valence-corrected chi connectivity index (χ2v) is 6.60. The zero-order chi connectivity index (χ0) is 18.1. The summed E-state index contributed by atoms with van der Waals surface area (Å²) in [5.74, 6) is 2.10. The molecule has 0 radical (unpaired) electrons. The van der Waals surface area contributed by atoms with Crippen molar-refractivity contribution in [2.45, 2.75) is 38.2 Å². The molecule has 0 aliphatic heterocycles. The Kier molecular flexibility index (Phi) is 4.41. The maximum Gasteiger partial charge on any atom is 0.280 e. The van der Waals surface area contributed by atoms with Gasteiger partial charge in [-0.1, -0.05) is 6.07 Å². The van der Waals surface area contributed by atoms with E-state index in [0.29, 0.717) is 5.92 Å². The molecule has 1 atom stereocenters. The van der Waals surface area contributed by atoms with E-state index in [4.69, 9.17) is 4.42 Å². The molecular formula is C20H19F2N3O. The van der Waals surface area contributed by atoms with E-state index in [1.165, 1.54) is 12.3 Å². The fraction of sp³-hybridized carbons (Fsp3) is 0.300. The number of halogens is 2. The van der Waals surface area contributed by atoms with Crippen molar-refractivity contribution in [3.8, 4) is 11.3 Å². The number of oxazole rings is 1. The van der Waals surface area contributed by atoms with Crippen LogP contribution in [0.2, 0.25) is 0 Å². The number of pyridine rings is 1. The van der Waals surface area contributed by atoms with Gasteiger partial charge in [-0.2, -0.15) is 0 Å². The first-order valence-corrected chi connectivity index (χ1v) is 8.67. The van der Waals surface area contributed by atoms with Gasteiger partial charge in [0.25, 0.3) is 6.43 Å². The number of hydrogen-bond donors (Lipinski definition) is 1. The van der Waals surface area contributed by atoms with Gasteiger partial charge in [0, 0.05) is 23.4 Å². The molecule has 1 fully saturated rings. The molecule has 1 aliphatic rings. The molecule has 0 spiro atoms. The fourth-order valence-electron chi connectivity index (χ4n) is 2.81. The number of rotatable bonds is 6. The highest BCUT2D eigenvalue weighted by molar-refractivity contribution is 5.61. The monoisotopic (exact) mass is 355 g/mol. The summed E-state index contributed by atoms with van der Waals surface area (Å²) in [7, 11) is 0. The average Bonchev–Trinajstić information content (AvgIpc) is 3.39. The first kappa shape index (κ1) is 16.7. The van der Waals surface area contributed by atoms with Crippen molar-refractivity contribution in [2.75, 3.05) is 5.32 Å². The molecule has 4 nitrogen and oxygen atoms in total. The van der Waals surface area contributed by atoms with Crippen LogP contribution in [0, 0.1) is 0 Å². The predicted molar refractivity (Wildman–Crippen MR) is 95.1 cm³/mol. The van der Waals surface area contributed by atoms with Crippen LogP contribution in [0.3, 0.4) is 0 Å². The normalized spacial score (nSPS) is 15.2. The van der Waals surface area contributed by atoms with Gasteiger partial charge in [0.05, 0.1) is 12.2 Å². The Labute approximate surface area is 150 Å². The van der Waals surface area contributed by atoms with Crippen LogP contribution in [0.5, 0.6) is 0 Å². The number of anilines is 1. The van der Waals surface area contributed by atoms with Crippen LogP contribution in [-0.2, 0) is 0 Å². The molecule has 0 amide bonds. The van der Waals surface area contributed by atoms with Gasteiger partial charge >= 0.3 is 0 Å². The molecule has 1 aromatic carbocycles. The minimum atomic E-state index is -2.55. The molecule has 1 aliphatic carbocycles. The largest absolute Gasteiger partial charge is 0.440 e. The van der Waals surface area contributed by atoms with Crippen LogP contribution >= 0.6 is 0 Å². The van der Waals surface area contributed by atoms with E-state index in [9.17, 15) is 8.78 Å². The van der Waals surface area contributed by atoms with Gasteiger partial charge < -0.3 is 9.73 Å².